The zero-order valence-corrected chi connectivity index (χ0v) is 20.7. The first-order valence-corrected chi connectivity index (χ1v) is 11.9. The Kier molecular flexibility index (Phi) is 5.98. The zero-order chi connectivity index (χ0) is 25.7. The molecule has 2 aliphatic heterocycles. The van der Waals surface area contributed by atoms with Crippen LogP contribution in [0.4, 0.5) is 14.6 Å². The minimum Gasteiger partial charge on any atom is -0.507 e. The Morgan fingerprint density at radius 3 is 2.67 bits per heavy atom. The number of nitrogens with one attached hydrogen (secondary N) is 1. The normalized spacial score (nSPS) is 27.5. The molecular formula is C25H29F2N7O2. The number of ether oxygens (including phenoxy) is 1. The number of piperidine rings is 2. The first-order valence-electron chi connectivity index (χ1n) is 11.9. The van der Waals surface area contributed by atoms with E-state index in [2.05, 4.69) is 37.4 Å². The number of fused-ring (bicyclic) bond motifs is 2. The Morgan fingerprint density at radius 1 is 1.17 bits per heavy atom. The number of rotatable bonds is 5. The number of hydrogen-bond donors (Lipinski definition) is 2. The Bertz CT molecular complexity index is 1280. The number of aromatic hydroxyl groups is 1. The van der Waals surface area contributed by atoms with E-state index in [0.29, 0.717) is 23.4 Å². The average Bonchev–Trinajstić information content (AvgIpc) is 2.86. The number of methoxy groups -OCH3 is 1. The molecule has 4 heterocycles. The first kappa shape index (κ1) is 24.2. The van der Waals surface area contributed by atoms with E-state index in [-0.39, 0.29) is 34.9 Å². The summed E-state index contributed by atoms with van der Waals surface area (Å²) in [6.07, 6.45) is 4.91. The summed E-state index contributed by atoms with van der Waals surface area (Å²) in [6.45, 7) is 4.11. The molecule has 0 aliphatic carbocycles. The van der Waals surface area contributed by atoms with Gasteiger partial charge in [-0.1, -0.05) is 6.07 Å². The molecule has 0 radical (unpaired) electrons. The summed E-state index contributed by atoms with van der Waals surface area (Å²) in [4.78, 5) is 13.9. The van der Waals surface area contributed by atoms with E-state index in [9.17, 15) is 9.50 Å². The number of benzene rings is 1. The van der Waals surface area contributed by atoms with Crippen molar-refractivity contribution in [1.29, 1.82) is 0 Å². The second kappa shape index (κ2) is 8.88. The minimum atomic E-state index is -1.07. The third-order valence-electron chi connectivity index (χ3n) is 7.44. The maximum atomic E-state index is 15.6. The number of halogens is 2. The van der Waals surface area contributed by atoms with Gasteiger partial charge in [0.25, 0.3) is 0 Å². The molecule has 2 bridgehead atoms. The molecule has 2 fully saturated rings. The number of alkyl halides is 1. The maximum absolute atomic E-state index is 15.6. The van der Waals surface area contributed by atoms with Crippen LogP contribution in [0, 0.1) is 5.82 Å². The van der Waals surface area contributed by atoms with Gasteiger partial charge in [-0.15, -0.1) is 10.2 Å². The Labute approximate surface area is 208 Å². The van der Waals surface area contributed by atoms with Crippen LogP contribution in [0.3, 0.4) is 0 Å². The third-order valence-corrected chi connectivity index (χ3v) is 7.44. The van der Waals surface area contributed by atoms with Crippen LogP contribution in [0.15, 0.2) is 30.6 Å². The Morgan fingerprint density at radius 2 is 1.97 bits per heavy atom. The third kappa shape index (κ3) is 4.21. The van der Waals surface area contributed by atoms with Gasteiger partial charge in [0.15, 0.2) is 17.5 Å². The highest BCUT2D eigenvalue weighted by Gasteiger charge is 2.53. The van der Waals surface area contributed by atoms with Crippen molar-refractivity contribution in [3.05, 3.63) is 36.4 Å². The van der Waals surface area contributed by atoms with Crippen molar-refractivity contribution in [2.45, 2.75) is 62.8 Å². The van der Waals surface area contributed by atoms with Crippen molar-refractivity contribution in [3.8, 4) is 34.4 Å². The second-order valence-corrected chi connectivity index (χ2v) is 10.2. The second-order valence-electron chi connectivity index (χ2n) is 10.2. The molecule has 0 amide bonds. The fourth-order valence-electron chi connectivity index (χ4n) is 5.59. The van der Waals surface area contributed by atoms with Crippen molar-refractivity contribution >= 4 is 5.82 Å². The highest BCUT2D eigenvalue weighted by molar-refractivity contribution is 5.71. The van der Waals surface area contributed by atoms with Gasteiger partial charge in [0.05, 0.1) is 31.1 Å². The summed E-state index contributed by atoms with van der Waals surface area (Å²) in [5.74, 6) is -0.174. The standard InChI is InChI=1S/C25H29F2N7O2/c1-24-8-5-9-25(2,33-24)21(27)17(11-24)34(3)19-13-28-22(32-31-19)15-7-6-14(10-18(15)35)20-16(26)12-29-23(30-20)36-4/h6-7,10,12-13,17,21,33,35H,5,8-9,11H2,1-4H3/t17-,21-,24-,25+/m0/s1. The van der Waals surface area contributed by atoms with Gasteiger partial charge >= 0.3 is 6.01 Å². The summed E-state index contributed by atoms with van der Waals surface area (Å²) in [5, 5.41) is 22.6. The van der Waals surface area contributed by atoms with Gasteiger partial charge in [0, 0.05) is 23.7 Å². The summed E-state index contributed by atoms with van der Waals surface area (Å²) in [6, 6.07) is 4.17. The van der Waals surface area contributed by atoms with E-state index < -0.39 is 17.5 Å². The number of phenols is 1. The van der Waals surface area contributed by atoms with Crippen molar-refractivity contribution in [3.63, 3.8) is 0 Å². The SMILES string of the molecule is COc1ncc(F)c(-c2ccc(-c3ncc(N(C)[C@H]4C[C@]5(C)CCC[C@@](C)(N5)[C@H]4F)nn3)c(O)c2)n1. The lowest BCUT2D eigenvalue weighted by molar-refractivity contribution is 0.00193. The molecular weight excluding hydrogens is 468 g/mol. The molecule has 2 aromatic heterocycles. The Balaban J connectivity index is 1.38. The monoisotopic (exact) mass is 497 g/mol. The molecule has 0 saturated carbocycles. The summed E-state index contributed by atoms with van der Waals surface area (Å²) < 4.78 is 34.8. The molecule has 9 nitrogen and oxygen atoms in total. The molecule has 2 aliphatic rings. The van der Waals surface area contributed by atoms with Crippen LogP contribution < -0.4 is 15.0 Å². The van der Waals surface area contributed by atoms with Gasteiger partial charge in [0.2, 0.25) is 0 Å². The number of hydrogen-bond acceptors (Lipinski definition) is 9. The lowest BCUT2D eigenvalue weighted by Gasteiger charge is -2.56. The van der Waals surface area contributed by atoms with Gasteiger partial charge < -0.3 is 20.1 Å². The van der Waals surface area contributed by atoms with E-state index in [1.165, 1.54) is 19.4 Å². The molecule has 2 N–H and O–H groups in total. The van der Waals surface area contributed by atoms with Gasteiger partial charge in [-0.2, -0.15) is 4.98 Å². The van der Waals surface area contributed by atoms with E-state index in [1.54, 1.807) is 12.1 Å². The van der Waals surface area contributed by atoms with Gasteiger partial charge in [-0.25, -0.2) is 18.7 Å². The Hall–Kier alpha value is -3.47. The van der Waals surface area contributed by atoms with E-state index in [1.807, 2.05) is 18.9 Å². The van der Waals surface area contributed by atoms with Crippen LogP contribution >= 0.6 is 0 Å². The molecule has 0 spiro atoms. The van der Waals surface area contributed by atoms with Crippen molar-refractivity contribution < 1.29 is 18.6 Å². The molecule has 4 atom stereocenters. The fraction of sp³-hybridized carbons (Fsp3) is 0.480. The van der Waals surface area contributed by atoms with Crippen LogP contribution in [0.25, 0.3) is 22.6 Å². The van der Waals surface area contributed by atoms with Crippen molar-refractivity contribution in [2.75, 3.05) is 19.1 Å². The first-order chi connectivity index (χ1) is 17.1. The predicted octanol–water partition coefficient (Wildman–Crippen LogP) is 3.69. The van der Waals surface area contributed by atoms with Crippen LogP contribution in [-0.4, -0.2) is 67.7 Å². The largest absolute Gasteiger partial charge is 0.507 e. The average molecular weight is 498 g/mol. The molecule has 11 heteroatoms. The van der Waals surface area contributed by atoms with E-state index in [0.717, 1.165) is 25.5 Å². The van der Waals surface area contributed by atoms with Crippen LogP contribution in [0.2, 0.25) is 0 Å². The van der Waals surface area contributed by atoms with Crippen LogP contribution in [-0.2, 0) is 0 Å². The highest BCUT2D eigenvalue weighted by Crippen LogP contribution is 2.43. The summed E-state index contributed by atoms with van der Waals surface area (Å²) in [7, 11) is 3.20. The van der Waals surface area contributed by atoms with Crippen LogP contribution in [0.5, 0.6) is 11.8 Å². The number of phenolic OH excluding ortho intramolecular Hbond substituents is 1. The van der Waals surface area contributed by atoms with Gasteiger partial charge in [0.1, 0.15) is 17.6 Å². The highest BCUT2D eigenvalue weighted by atomic mass is 19.1. The predicted molar refractivity (Wildman–Crippen MR) is 130 cm³/mol. The van der Waals surface area contributed by atoms with Crippen LogP contribution in [0.1, 0.15) is 39.5 Å². The summed E-state index contributed by atoms with van der Waals surface area (Å²) in [5.41, 5.74) is -0.0516. The quantitative estimate of drug-likeness (QED) is 0.545. The smallest absolute Gasteiger partial charge is 0.316 e. The lowest BCUT2D eigenvalue weighted by Crippen LogP contribution is -2.72. The molecule has 190 valence electrons. The molecule has 36 heavy (non-hydrogen) atoms. The van der Waals surface area contributed by atoms with Crippen molar-refractivity contribution in [2.24, 2.45) is 0 Å². The lowest BCUT2D eigenvalue weighted by atomic mass is 9.68. The van der Waals surface area contributed by atoms with Gasteiger partial charge in [-0.3, -0.25) is 0 Å². The topological polar surface area (TPSA) is 109 Å². The molecule has 1 aromatic carbocycles. The van der Waals surface area contributed by atoms with E-state index >= 15 is 4.39 Å². The molecule has 0 unspecified atom stereocenters. The zero-order valence-electron chi connectivity index (χ0n) is 20.7. The molecule has 3 aromatic rings. The number of aromatic nitrogens is 5. The number of anilines is 1. The number of nitrogens with zero attached hydrogens (tertiary/aromatic N) is 6. The van der Waals surface area contributed by atoms with Gasteiger partial charge in [-0.05, 0) is 51.7 Å². The van der Waals surface area contributed by atoms with E-state index in [4.69, 9.17) is 4.74 Å². The summed E-state index contributed by atoms with van der Waals surface area (Å²) >= 11 is 0. The molecule has 5 rings (SSSR count). The fourth-order valence-corrected chi connectivity index (χ4v) is 5.59. The minimum absolute atomic E-state index is 0.00498. The van der Waals surface area contributed by atoms with Crippen molar-refractivity contribution in [1.82, 2.24) is 30.5 Å². The maximum Gasteiger partial charge on any atom is 0.316 e. The molecule has 2 saturated heterocycles.